The fourth-order valence-corrected chi connectivity index (χ4v) is 2.74. The molecular weight excluding hydrogens is 418 g/mol. The fourth-order valence-electron chi connectivity index (χ4n) is 2.47. The molecule has 3 rings (SSSR count). The quantitative estimate of drug-likeness (QED) is 0.447. The third kappa shape index (κ3) is 5.37. The molecule has 0 aliphatic carbocycles. The number of nitrogens with zero attached hydrogens (tertiary/aromatic N) is 1. The average molecular weight is 436 g/mol. The largest absolute Gasteiger partial charge is 0.322 e. The van der Waals surface area contributed by atoms with Crippen LogP contribution in [0.4, 0.5) is 5.69 Å². The van der Waals surface area contributed by atoms with E-state index in [2.05, 4.69) is 31.8 Å². The summed E-state index contributed by atoms with van der Waals surface area (Å²) in [5.41, 5.74) is 6.02. The standard InChI is InChI=1S/C22H18BrN3O2/c1-15-3-2-4-18(13-15)21(27)25-20-11-7-17(8-12-20)22(28)26-24-14-16-5-9-19(23)10-6-16/h2-14H,1H3,(H,25,27)(H,26,28). The lowest BCUT2D eigenvalue weighted by Crippen LogP contribution is -2.17. The molecule has 140 valence electrons. The summed E-state index contributed by atoms with van der Waals surface area (Å²) in [5, 5.41) is 6.77. The smallest absolute Gasteiger partial charge is 0.271 e. The van der Waals surface area contributed by atoms with Gasteiger partial charge in [0.2, 0.25) is 0 Å². The molecule has 6 heteroatoms. The highest BCUT2D eigenvalue weighted by atomic mass is 79.9. The number of rotatable bonds is 5. The number of aryl methyl sites for hydroxylation is 1. The van der Waals surface area contributed by atoms with Crippen LogP contribution in [0.15, 0.2) is 82.4 Å². The number of anilines is 1. The number of carbonyl (C=O) groups is 2. The van der Waals surface area contributed by atoms with Crippen molar-refractivity contribution in [1.29, 1.82) is 0 Å². The average Bonchev–Trinajstić information content (AvgIpc) is 2.70. The number of benzene rings is 3. The zero-order valence-corrected chi connectivity index (χ0v) is 16.7. The Morgan fingerprint density at radius 2 is 1.61 bits per heavy atom. The second kappa shape index (κ2) is 9.10. The van der Waals surface area contributed by atoms with Crippen molar-refractivity contribution >= 4 is 39.6 Å². The summed E-state index contributed by atoms with van der Waals surface area (Å²) >= 11 is 3.36. The van der Waals surface area contributed by atoms with Gasteiger partial charge in [-0.15, -0.1) is 0 Å². The number of carbonyl (C=O) groups excluding carboxylic acids is 2. The maximum absolute atomic E-state index is 12.3. The van der Waals surface area contributed by atoms with Gasteiger partial charge in [-0.2, -0.15) is 5.10 Å². The van der Waals surface area contributed by atoms with E-state index >= 15 is 0 Å². The van der Waals surface area contributed by atoms with Gasteiger partial charge in [0.05, 0.1) is 6.21 Å². The summed E-state index contributed by atoms with van der Waals surface area (Å²) in [6.07, 6.45) is 1.57. The second-order valence-corrected chi connectivity index (χ2v) is 7.07. The molecule has 0 fully saturated rings. The summed E-state index contributed by atoms with van der Waals surface area (Å²) in [5.74, 6) is -0.523. The van der Waals surface area contributed by atoms with Crippen LogP contribution in [-0.2, 0) is 0 Å². The molecule has 0 atom stereocenters. The molecule has 0 spiro atoms. The van der Waals surface area contributed by atoms with E-state index in [0.29, 0.717) is 16.8 Å². The number of nitrogens with one attached hydrogen (secondary N) is 2. The molecule has 0 bridgehead atoms. The summed E-state index contributed by atoms with van der Waals surface area (Å²) in [7, 11) is 0. The van der Waals surface area contributed by atoms with Gasteiger partial charge in [-0.05, 0) is 61.0 Å². The normalized spacial score (nSPS) is 10.6. The Hall–Kier alpha value is -3.25. The lowest BCUT2D eigenvalue weighted by molar-refractivity contribution is 0.0954. The van der Waals surface area contributed by atoms with E-state index in [-0.39, 0.29) is 11.8 Å². The third-order valence-corrected chi connectivity index (χ3v) is 4.46. The number of halogens is 1. The molecule has 3 aromatic rings. The van der Waals surface area contributed by atoms with Gasteiger partial charge < -0.3 is 5.32 Å². The Kier molecular flexibility index (Phi) is 6.34. The predicted octanol–water partition coefficient (Wildman–Crippen LogP) is 4.77. The Morgan fingerprint density at radius 3 is 2.29 bits per heavy atom. The molecule has 0 aliphatic heterocycles. The van der Waals surface area contributed by atoms with Gasteiger partial charge in [-0.1, -0.05) is 45.8 Å². The van der Waals surface area contributed by atoms with Crippen molar-refractivity contribution in [1.82, 2.24) is 5.43 Å². The zero-order valence-electron chi connectivity index (χ0n) is 15.1. The molecular formula is C22H18BrN3O2. The van der Waals surface area contributed by atoms with Crippen molar-refractivity contribution in [2.24, 2.45) is 5.10 Å². The highest BCUT2D eigenvalue weighted by Gasteiger charge is 2.08. The molecule has 0 aromatic heterocycles. The fraction of sp³-hybridized carbons (Fsp3) is 0.0455. The first-order valence-electron chi connectivity index (χ1n) is 8.58. The van der Waals surface area contributed by atoms with E-state index in [9.17, 15) is 9.59 Å². The minimum Gasteiger partial charge on any atom is -0.322 e. The number of hydrazone groups is 1. The molecule has 28 heavy (non-hydrogen) atoms. The van der Waals surface area contributed by atoms with Crippen LogP contribution in [0, 0.1) is 6.92 Å². The number of hydrogen-bond donors (Lipinski definition) is 2. The van der Waals surface area contributed by atoms with Gasteiger partial charge in [0, 0.05) is 21.3 Å². The Labute approximate surface area is 171 Å². The maximum atomic E-state index is 12.3. The van der Waals surface area contributed by atoms with Crippen molar-refractivity contribution in [3.63, 3.8) is 0 Å². The van der Waals surface area contributed by atoms with E-state index in [1.807, 2.05) is 49.4 Å². The van der Waals surface area contributed by atoms with E-state index in [1.54, 1.807) is 36.5 Å². The maximum Gasteiger partial charge on any atom is 0.271 e. The summed E-state index contributed by atoms with van der Waals surface area (Å²) in [6, 6.07) is 21.5. The van der Waals surface area contributed by atoms with Gasteiger partial charge in [0.25, 0.3) is 11.8 Å². The van der Waals surface area contributed by atoms with Gasteiger partial charge in [0.1, 0.15) is 0 Å². The van der Waals surface area contributed by atoms with Crippen molar-refractivity contribution < 1.29 is 9.59 Å². The molecule has 2 N–H and O–H groups in total. The molecule has 0 saturated carbocycles. The molecule has 0 heterocycles. The van der Waals surface area contributed by atoms with Gasteiger partial charge >= 0.3 is 0 Å². The monoisotopic (exact) mass is 435 g/mol. The van der Waals surface area contributed by atoms with Crippen molar-refractivity contribution in [3.8, 4) is 0 Å². The summed E-state index contributed by atoms with van der Waals surface area (Å²) < 4.78 is 0.975. The van der Waals surface area contributed by atoms with E-state index in [0.717, 1.165) is 15.6 Å². The Balaban J connectivity index is 1.58. The van der Waals surface area contributed by atoms with Crippen LogP contribution in [0.5, 0.6) is 0 Å². The van der Waals surface area contributed by atoms with Crippen LogP contribution in [0.3, 0.4) is 0 Å². The first-order chi connectivity index (χ1) is 13.5. The Bertz CT molecular complexity index is 1010. The Morgan fingerprint density at radius 1 is 0.893 bits per heavy atom. The molecule has 0 unspecified atom stereocenters. The first-order valence-corrected chi connectivity index (χ1v) is 9.37. The second-order valence-electron chi connectivity index (χ2n) is 6.15. The van der Waals surface area contributed by atoms with Crippen LogP contribution in [0.2, 0.25) is 0 Å². The molecule has 0 saturated heterocycles. The molecule has 0 aliphatic rings. The number of hydrogen-bond acceptors (Lipinski definition) is 3. The minimum atomic E-state index is -0.329. The lowest BCUT2D eigenvalue weighted by Gasteiger charge is -2.07. The molecule has 5 nitrogen and oxygen atoms in total. The van der Waals surface area contributed by atoms with Crippen molar-refractivity contribution in [2.45, 2.75) is 6.92 Å². The van der Waals surface area contributed by atoms with Crippen molar-refractivity contribution in [2.75, 3.05) is 5.32 Å². The summed E-state index contributed by atoms with van der Waals surface area (Å²) in [6.45, 7) is 1.93. The highest BCUT2D eigenvalue weighted by molar-refractivity contribution is 9.10. The van der Waals surface area contributed by atoms with E-state index in [1.165, 1.54) is 0 Å². The van der Waals surface area contributed by atoms with Crippen LogP contribution >= 0.6 is 15.9 Å². The lowest BCUT2D eigenvalue weighted by atomic mass is 10.1. The summed E-state index contributed by atoms with van der Waals surface area (Å²) in [4.78, 5) is 24.4. The number of amides is 2. The van der Waals surface area contributed by atoms with E-state index in [4.69, 9.17) is 0 Å². The molecule has 0 radical (unpaired) electrons. The first kappa shape index (κ1) is 19.5. The molecule has 3 aromatic carbocycles. The topological polar surface area (TPSA) is 70.6 Å². The highest BCUT2D eigenvalue weighted by Crippen LogP contribution is 2.13. The van der Waals surface area contributed by atoms with Gasteiger partial charge in [-0.3, -0.25) is 9.59 Å². The van der Waals surface area contributed by atoms with Gasteiger partial charge in [-0.25, -0.2) is 5.43 Å². The third-order valence-electron chi connectivity index (χ3n) is 3.93. The van der Waals surface area contributed by atoms with Gasteiger partial charge in [0.15, 0.2) is 0 Å². The van der Waals surface area contributed by atoms with Crippen LogP contribution in [0.25, 0.3) is 0 Å². The SMILES string of the molecule is Cc1cccc(C(=O)Nc2ccc(C(=O)NN=Cc3ccc(Br)cc3)cc2)c1. The minimum absolute atomic E-state index is 0.194. The zero-order chi connectivity index (χ0) is 19.9. The predicted molar refractivity (Wildman–Crippen MR) is 115 cm³/mol. The van der Waals surface area contributed by atoms with Crippen LogP contribution in [0.1, 0.15) is 31.8 Å². The van der Waals surface area contributed by atoms with Crippen molar-refractivity contribution in [3.05, 3.63) is 99.5 Å². The van der Waals surface area contributed by atoms with Crippen LogP contribution < -0.4 is 10.7 Å². The molecule has 2 amide bonds. The van der Waals surface area contributed by atoms with Crippen LogP contribution in [-0.4, -0.2) is 18.0 Å². The van der Waals surface area contributed by atoms with E-state index < -0.39 is 0 Å².